The normalized spacial score (nSPS) is 18.7. The van der Waals surface area contributed by atoms with Gasteiger partial charge in [-0.1, -0.05) is 81.5 Å². The second kappa shape index (κ2) is 17.4. The van der Waals surface area contributed by atoms with Gasteiger partial charge >= 0.3 is 5.97 Å². The molecule has 11 nitrogen and oxygen atoms in total. The number of hydrogen-bond donors (Lipinski definition) is 1. The monoisotopic (exact) mass is 771 g/mol. The maximum absolute atomic E-state index is 12.2. The molecule has 0 aromatic heterocycles. The number of carbonyl (C=O) groups excluding carboxylic acids is 3. The average Bonchev–Trinajstić information content (AvgIpc) is 3.63. The molecule has 0 unspecified atom stereocenters. The number of benzene rings is 2. The zero-order valence-corrected chi connectivity index (χ0v) is 33.8. The Morgan fingerprint density at radius 2 is 1.64 bits per heavy atom. The fourth-order valence-corrected chi connectivity index (χ4v) is 8.24. The van der Waals surface area contributed by atoms with Gasteiger partial charge in [-0.05, 0) is 63.6 Å². The minimum Gasteiger partial charge on any atom is -0.344 e. The van der Waals surface area contributed by atoms with Crippen LogP contribution in [0.5, 0.6) is 0 Å². The summed E-state index contributed by atoms with van der Waals surface area (Å²) >= 11 is 0. The summed E-state index contributed by atoms with van der Waals surface area (Å²) in [4.78, 5) is 44.9. The third-order valence-corrected chi connectivity index (χ3v) is 11.3. The quantitative estimate of drug-likeness (QED) is 0.0790. The van der Waals surface area contributed by atoms with Crippen LogP contribution in [-0.2, 0) is 46.7 Å². The number of hydrogen-bond acceptors (Lipinski definition) is 8. The molecular weight excluding hydrogens is 717 g/mol. The molecule has 1 N–H and O–H groups in total. The van der Waals surface area contributed by atoms with Gasteiger partial charge in [0.1, 0.15) is 6.54 Å². The molecule has 3 aliphatic rings. The number of anilines is 1. The zero-order chi connectivity index (χ0) is 40.0. The lowest BCUT2D eigenvalue weighted by Gasteiger charge is -2.27. The maximum Gasteiger partial charge on any atom is 0.333 e. The van der Waals surface area contributed by atoms with Crippen molar-refractivity contribution in [2.45, 2.75) is 90.5 Å². The topological polar surface area (TPSA) is 128 Å². The molecule has 55 heavy (non-hydrogen) atoms. The third-order valence-electron chi connectivity index (χ3n) is 10.5. The van der Waals surface area contributed by atoms with Gasteiger partial charge < -0.3 is 14.6 Å². The van der Waals surface area contributed by atoms with Crippen LogP contribution in [0.1, 0.15) is 89.8 Å². The SMILES string of the molecule is CCC[N+]1=C(C=CC=CC=CC=C2N(CCCS(=O)(=O)O)c3ccc(CN(C)CCCC(=O)ON4C(=O)CCC4=O)cc3C2(C)C)C(C)(C)c2ccccc21. The van der Waals surface area contributed by atoms with Crippen LogP contribution in [0.15, 0.2) is 90.7 Å². The first-order chi connectivity index (χ1) is 26.0. The van der Waals surface area contributed by atoms with E-state index in [-0.39, 0.29) is 36.9 Å². The standard InChI is InChI=1S/C43H54N4O7S/c1-7-26-45-35-18-14-13-17-33(35)42(2,3)37(45)19-11-9-8-10-12-20-38-43(4,5)34-30-32(22-23-36(34)46(38)28-16-29-55(51,52)53)31-44(6)27-15-21-41(50)54-47-39(48)24-25-40(47)49/h8-14,17-20,22-23,30H,7,15-16,21,24-29,31H2,1-6H3/p+1. The molecule has 5 rings (SSSR count). The van der Waals surface area contributed by atoms with Crippen LogP contribution in [0, 0.1) is 0 Å². The second-order valence-corrected chi connectivity index (χ2v) is 17.1. The first kappa shape index (κ1) is 41.5. The van der Waals surface area contributed by atoms with Crippen LogP contribution in [0.3, 0.4) is 0 Å². The van der Waals surface area contributed by atoms with Crippen molar-refractivity contribution >= 4 is 45.0 Å². The highest BCUT2D eigenvalue weighted by Gasteiger charge is 2.44. The molecular formula is C43H55N4O7S+. The molecule has 0 spiro atoms. The molecule has 1 saturated heterocycles. The number of para-hydroxylation sites is 1. The lowest BCUT2D eigenvalue weighted by molar-refractivity contribution is -0.437. The van der Waals surface area contributed by atoms with E-state index in [0.717, 1.165) is 35.5 Å². The molecule has 1 fully saturated rings. The van der Waals surface area contributed by atoms with E-state index in [4.69, 9.17) is 4.84 Å². The predicted octanol–water partition coefficient (Wildman–Crippen LogP) is 6.92. The summed E-state index contributed by atoms with van der Waals surface area (Å²) in [7, 11) is -2.13. The molecule has 3 aliphatic heterocycles. The summed E-state index contributed by atoms with van der Waals surface area (Å²) in [6, 6.07) is 14.9. The van der Waals surface area contributed by atoms with Gasteiger partial charge in [-0.25, -0.2) is 4.79 Å². The van der Waals surface area contributed by atoms with Gasteiger partial charge in [0, 0.05) is 73.3 Å². The molecule has 294 valence electrons. The number of fused-ring (bicyclic) bond motifs is 2. The van der Waals surface area contributed by atoms with Crippen molar-refractivity contribution in [3.63, 3.8) is 0 Å². The summed E-state index contributed by atoms with van der Waals surface area (Å²) in [5.41, 5.74) is 7.61. The predicted molar refractivity (Wildman–Crippen MR) is 216 cm³/mol. The summed E-state index contributed by atoms with van der Waals surface area (Å²) in [5.74, 6) is -1.91. The highest BCUT2D eigenvalue weighted by Crippen LogP contribution is 2.48. The molecule has 2 aromatic carbocycles. The van der Waals surface area contributed by atoms with Crippen LogP contribution >= 0.6 is 0 Å². The number of hydroxylamine groups is 2. The first-order valence-electron chi connectivity index (χ1n) is 19.1. The van der Waals surface area contributed by atoms with E-state index < -0.39 is 33.3 Å². The van der Waals surface area contributed by atoms with Gasteiger partial charge in [-0.15, -0.1) is 5.06 Å². The largest absolute Gasteiger partial charge is 0.344 e. The Balaban J connectivity index is 1.26. The van der Waals surface area contributed by atoms with E-state index in [1.54, 1.807) is 0 Å². The minimum absolute atomic E-state index is 0.0610. The Morgan fingerprint density at radius 3 is 2.35 bits per heavy atom. The smallest absolute Gasteiger partial charge is 0.333 e. The number of nitrogens with zero attached hydrogens (tertiary/aromatic N) is 4. The zero-order valence-electron chi connectivity index (χ0n) is 33.0. The van der Waals surface area contributed by atoms with Gasteiger partial charge in [0.15, 0.2) is 5.71 Å². The summed E-state index contributed by atoms with van der Waals surface area (Å²) in [6.45, 7) is 13.7. The van der Waals surface area contributed by atoms with Crippen molar-refractivity contribution in [3.05, 3.63) is 107 Å². The molecule has 12 heteroatoms. The summed E-state index contributed by atoms with van der Waals surface area (Å²) in [6.07, 6.45) is 16.4. The number of amides is 2. The second-order valence-electron chi connectivity index (χ2n) is 15.5. The Bertz CT molecular complexity index is 2040. The van der Waals surface area contributed by atoms with Crippen molar-refractivity contribution in [2.75, 3.05) is 37.3 Å². The van der Waals surface area contributed by atoms with E-state index in [2.05, 4.69) is 110 Å². The molecule has 0 bridgehead atoms. The van der Waals surface area contributed by atoms with E-state index in [1.807, 2.05) is 31.4 Å². The third kappa shape index (κ3) is 9.78. The number of rotatable bonds is 17. The Kier molecular flexibility index (Phi) is 13.2. The lowest BCUT2D eigenvalue weighted by atomic mass is 9.81. The summed E-state index contributed by atoms with van der Waals surface area (Å²) in [5, 5.41) is 0.578. The van der Waals surface area contributed by atoms with Crippen LogP contribution in [0.25, 0.3) is 0 Å². The Labute approximate surface area is 326 Å². The van der Waals surface area contributed by atoms with E-state index in [0.29, 0.717) is 31.1 Å². The van der Waals surface area contributed by atoms with Crippen molar-refractivity contribution in [2.24, 2.45) is 0 Å². The van der Waals surface area contributed by atoms with Crippen molar-refractivity contribution < 1.29 is 36.8 Å². The fourth-order valence-electron chi connectivity index (χ4n) is 7.75. The van der Waals surface area contributed by atoms with Crippen LogP contribution in [0.2, 0.25) is 0 Å². The van der Waals surface area contributed by atoms with Crippen LogP contribution in [-0.4, -0.2) is 83.4 Å². The molecule has 0 aliphatic carbocycles. The first-order valence-corrected chi connectivity index (χ1v) is 20.7. The molecule has 3 heterocycles. The van der Waals surface area contributed by atoms with Gasteiger partial charge in [0.25, 0.3) is 21.9 Å². The van der Waals surface area contributed by atoms with Crippen molar-refractivity contribution in [1.82, 2.24) is 9.96 Å². The van der Waals surface area contributed by atoms with E-state index >= 15 is 0 Å². The Hall–Kier alpha value is -4.65. The lowest BCUT2D eigenvalue weighted by Crippen LogP contribution is -2.32. The maximum atomic E-state index is 12.2. The molecule has 0 radical (unpaired) electrons. The van der Waals surface area contributed by atoms with Crippen molar-refractivity contribution in [3.8, 4) is 0 Å². The van der Waals surface area contributed by atoms with E-state index in [1.165, 1.54) is 17.0 Å². The Morgan fingerprint density at radius 1 is 0.945 bits per heavy atom. The van der Waals surface area contributed by atoms with Gasteiger partial charge in [0.05, 0.1) is 11.2 Å². The minimum atomic E-state index is -4.10. The van der Waals surface area contributed by atoms with E-state index in [9.17, 15) is 27.4 Å². The molecule has 2 amide bonds. The molecule has 2 aromatic rings. The summed E-state index contributed by atoms with van der Waals surface area (Å²) < 4.78 is 35.0. The number of imide groups is 1. The molecule has 0 saturated carbocycles. The van der Waals surface area contributed by atoms with Crippen LogP contribution in [0.4, 0.5) is 11.4 Å². The van der Waals surface area contributed by atoms with Gasteiger partial charge in [-0.3, -0.25) is 14.1 Å². The highest BCUT2D eigenvalue weighted by atomic mass is 32.2. The van der Waals surface area contributed by atoms with Gasteiger partial charge in [0.2, 0.25) is 5.69 Å². The molecule has 0 atom stereocenters. The number of allylic oxidation sites excluding steroid dienone is 8. The average molecular weight is 772 g/mol. The number of carbonyl (C=O) groups is 3. The fraction of sp³-hybridized carbons (Fsp3) is 0.442. The van der Waals surface area contributed by atoms with Crippen LogP contribution < -0.4 is 4.90 Å². The highest BCUT2D eigenvalue weighted by molar-refractivity contribution is 7.85. The van der Waals surface area contributed by atoms with Crippen molar-refractivity contribution in [1.29, 1.82) is 0 Å². The van der Waals surface area contributed by atoms with Gasteiger partial charge in [-0.2, -0.15) is 13.0 Å².